The molecule has 1 heterocycles. The smallest absolute Gasteiger partial charge is 0.141 e. The van der Waals surface area contributed by atoms with Crippen LogP contribution in [-0.4, -0.2) is 17.3 Å². The molecule has 0 unspecified atom stereocenters. The molecule has 2 rings (SSSR count). The molecule has 0 fully saturated rings. The van der Waals surface area contributed by atoms with E-state index in [1.807, 2.05) is 0 Å². The fraction of sp³-hybridized carbons (Fsp3) is 0.0909. The maximum absolute atomic E-state index is 13.0. The predicted molar refractivity (Wildman–Crippen MR) is 59.0 cm³/mol. The van der Waals surface area contributed by atoms with Crippen LogP contribution in [0.2, 0.25) is 5.02 Å². The average Bonchev–Trinajstić information content (AvgIpc) is 2.33. The lowest BCUT2D eigenvalue weighted by Gasteiger charge is -2.03. The van der Waals surface area contributed by atoms with Gasteiger partial charge in [-0.15, -0.1) is 0 Å². The van der Waals surface area contributed by atoms with Crippen LogP contribution in [0.1, 0.15) is 0 Å². The second-order valence-electron chi connectivity index (χ2n) is 3.11. The Balaban J connectivity index is 2.46. The third-order valence-electron chi connectivity index (χ3n) is 2.08. The Kier molecular flexibility index (Phi) is 3.01. The summed E-state index contributed by atoms with van der Waals surface area (Å²) >= 11 is 5.68. The van der Waals surface area contributed by atoms with Gasteiger partial charge in [-0.2, -0.15) is 10.2 Å². The van der Waals surface area contributed by atoms with Gasteiger partial charge in [0.15, 0.2) is 0 Å². The summed E-state index contributed by atoms with van der Waals surface area (Å²) in [6.45, 7) is 0. The van der Waals surface area contributed by atoms with Crippen LogP contribution in [0.5, 0.6) is 5.75 Å². The molecular formula is C11H8ClFN2O. The zero-order chi connectivity index (χ0) is 11.5. The summed E-state index contributed by atoms with van der Waals surface area (Å²) < 4.78 is 18.0. The van der Waals surface area contributed by atoms with Crippen LogP contribution in [0.25, 0.3) is 11.3 Å². The van der Waals surface area contributed by atoms with Gasteiger partial charge in [0, 0.05) is 11.6 Å². The van der Waals surface area contributed by atoms with E-state index < -0.39 is 5.82 Å². The highest BCUT2D eigenvalue weighted by Crippen LogP contribution is 2.24. The van der Waals surface area contributed by atoms with Gasteiger partial charge in [-0.05, 0) is 18.2 Å². The van der Waals surface area contributed by atoms with E-state index in [2.05, 4.69) is 10.2 Å². The van der Waals surface area contributed by atoms with Crippen molar-refractivity contribution in [2.45, 2.75) is 0 Å². The maximum atomic E-state index is 13.0. The van der Waals surface area contributed by atoms with Crippen molar-refractivity contribution in [3.63, 3.8) is 0 Å². The van der Waals surface area contributed by atoms with E-state index in [1.54, 1.807) is 19.2 Å². The SMILES string of the molecule is COc1cnnc(-c2ccc(F)c(Cl)c2)c1. The Morgan fingerprint density at radius 1 is 1.31 bits per heavy atom. The Hall–Kier alpha value is -1.68. The highest BCUT2D eigenvalue weighted by molar-refractivity contribution is 6.31. The minimum absolute atomic E-state index is 0.0575. The monoisotopic (exact) mass is 238 g/mol. The van der Waals surface area contributed by atoms with Crippen molar-refractivity contribution < 1.29 is 9.13 Å². The van der Waals surface area contributed by atoms with E-state index >= 15 is 0 Å². The molecule has 1 aromatic heterocycles. The molecule has 2 aromatic rings. The van der Waals surface area contributed by atoms with Gasteiger partial charge in [-0.25, -0.2) is 4.39 Å². The van der Waals surface area contributed by atoms with Crippen LogP contribution in [0.4, 0.5) is 4.39 Å². The molecule has 82 valence electrons. The lowest BCUT2D eigenvalue weighted by molar-refractivity contribution is 0.412. The van der Waals surface area contributed by atoms with Crippen molar-refractivity contribution in [2.75, 3.05) is 7.11 Å². The van der Waals surface area contributed by atoms with Crippen molar-refractivity contribution in [3.05, 3.63) is 41.3 Å². The van der Waals surface area contributed by atoms with E-state index in [0.717, 1.165) is 0 Å². The first kappa shape index (κ1) is 10.8. The van der Waals surface area contributed by atoms with Crippen LogP contribution >= 0.6 is 11.6 Å². The molecule has 3 nitrogen and oxygen atoms in total. The van der Waals surface area contributed by atoms with Crippen LogP contribution in [0.15, 0.2) is 30.5 Å². The molecule has 0 atom stereocenters. The predicted octanol–water partition coefficient (Wildman–Crippen LogP) is 2.94. The number of rotatable bonds is 2. The fourth-order valence-corrected chi connectivity index (χ4v) is 1.44. The van der Waals surface area contributed by atoms with E-state index in [1.165, 1.54) is 18.3 Å². The summed E-state index contributed by atoms with van der Waals surface area (Å²) in [4.78, 5) is 0. The number of methoxy groups -OCH3 is 1. The molecule has 0 spiro atoms. The van der Waals surface area contributed by atoms with Gasteiger partial charge >= 0.3 is 0 Å². The Morgan fingerprint density at radius 2 is 2.12 bits per heavy atom. The minimum Gasteiger partial charge on any atom is -0.495 e. The van der Waals surface area contributed by atoms with Crippen molar-refractivity contribution in [2.24, 2.45) is 0 Å². The van der Waals surface area contributed by atoms with Crippen molar-refractivity contribution >= 4 is 11.6 Å². The Morgan fingerprint density at radius 3 is 2.81 bits per heavy atom. The van der Waals surface area contributed by atoms with E-state index in [0.29, 0.717) is 17.0 Å². The molecule has 0 aliphatic rings. The van der Waals surface area contributed by atoms with E-state index in [9.17, 15) is 4.39 Å². The third kappa shape index (κ3) is 2.12. The van der Waals surface area contributed by atoms with E-state index in [-0.39, 0.29) is 5.02 Å². The summed E-state index contributed by atoms with van der Waals surface area (Å²) in [5.41, 5.74) is 1.28. The standard InChI is InChI=1S/C11H8ClFN2O/c1-16-8-5-11(15-14-6-8)7-2-3-10(13)9(12)4-7/h2-6H,1H3. The molecule has 0 amide bonds. The van der Waals surface area contributed by atoms with Crippen molar-refractivity contribution in [1.29, 1.82) is 0 Å². The Bertz CT molecular complexity index is 519. The summed E-state index contributed by atoms with van der Waals surface area (Å²) in [6, 6.07) is 6.08. The maximum Gasteiger partial charge on any atom is 0.141 e. The van der Waals surface area contributed by atoms with Gasteiger partial charge in [0.2, 0.25) is 0 Å². The van der Waals surface area contributed by atoms with Crippen LogP contribution in [-0.2, 0) is 0 Å². The van der Waals surface area contributed by atoms with Gasteiger partial charge in [0.25, 0.3) is 0 Å². The number of aromatic nitrogens is 2. The first-order valence-electron chi connectivity index (χ1n) is 4.53. The number of nitrogens with zero attached hydrogens (tertiary/aromatic N) is 2. The van der Waals surface area contributed by atoms with Gasteiger partial charge in [-0.3, -0.25) is 0 Å². The molecule has 0 saturated carbocycles. The topological polar surface area (TPSA) is 35.0 Å². The molecular weight excluding hydrogens is 231 g/mol. The fourth-order valence-electron chi connectivity index (χ4n) is 1.26. The normalized spacial score (nSPS) is 10.2. The molecule has 0 aliphatic carbocycles. The van der Waals surface area contributed by atoms with Gasteiger partial charge in [-0.1, -0.05) is 11.6 Å². The van der Waals surface area contributed by atoms with Crippen molar-refractivity contribution in [1.82, 2.24) is 10.2 Å². The highest BCUT2D eigenvalue weighted by atomic mass is 35.5. The number of halogens is 2. The second kappa shape index (κ2) is 4.45. The van der Waals surface area contributed by atoms with Gasteiger partial charge < -0.3 is 4.74 Å². The molecule has 5 heteroatoms. The number of hydrogen-bond acceptors (Lipinski definition) is 3. The van der Waals surface area contributed by atoms with Gasteiger partial charge in [0.1, 0.15) is 11.6 Å². The first-order chi connectivity index (χ1) is 7.70. The molecule has 0 bridgehead atoms. The summed E-state index contributed by atoms with van der Waals surface area (Å²) in [5.74, 6) is 0.131. The number of hydrogen-bond donors (Lipinski definition) is 0. The number of benzene rings is 1. The molecule has 0 saturated heterocycles. The van der Waals surface area contributed by atoms with Gasteiger partial charge in [0.05, 0.1) is 24.0 Å². The summed E-state index contributed by atoms with van der Waals surface area (Å²) in [5, 5.41) is 7.75. The molecule has 0 N–H and O–H groups in total. The van der Waals surface area contributed by atoms with Crippen molar-refractivity contribution in [3.8, 4) is 17.0 Å². The first-order valence-corrected chi connectivity index (χ1v) is 4.90. The highest BCUT2D eigenvalue weighted by Gasteiger charge is 2.05. The average molecular weight is 239 g/mol. The summed E-state index contributed by atoms with van der Waals surface area (Å²) in [6.07, 6.45) is 1.49. The molecule has 1 aromatic carbocycles. The lowest BCUT2D eigenvalue weighted by Crippen LogP contribution is -1.91. The largest absolute Gasteiger partial charge is 0.495 e. The zero-order valence-corrected chi connectivity index (χ0v) is 9.20. The molecule has 16 heavy (non-hydrogen) atoms. The van der Waals surface area contributed by atoms with E-state index in [4.69, 9.17) is 16.3 Å². The Labute approximate surface area is 96.8 Å². The zero-order valence-electron chi connectivity index (χ0n) is 8.45. The van der Waals surface area contributed by atoms with Crippen LogP contribution in [0.3, 0.4) is 0 Å². The number of ether oxygens (including phenoxy) is 1. The van der Waals surface area contributed by atoms with Crippen LogP contribution in [0, 0.1) is 5.82 Å². The minimum atomic E-state index is -0.457. The quantitative estimate of drug-likeness (QED) is 0.807. The third-order valence-corrected chi connectivity index (χ3v) is 2.37. The molecule has 0 radical (unpaired) electrons. The summed E-state index contributed by atoms with van der Waals surface area (Å²) in [7, 11) is 1.54. The van der Waals surface area contributed by atoms with Crippen LogP contribution < -0.4 is 4.74 Å². The second-order valence-corrected chi connectivity index (χ2v) is 3.52. The lowest BCUT2D eigenvalue weighted by atomic mass is 10.1. The molecule has 0 aliphatic heterocycles.